The Morgan fingerprint density at radius 3 is 2.52 bits per heavy atom. The maximum atomic E-state index is 10.8. The fraction of sp³-hybridized carbons (Fsp3) is 0.647. The lowest BCUT2D eigenvalue weighted by Gasteiger charge is -2.17. The third-order valence-electron chi connectivity index (χ3n) is 3.81. The average molecular weight is 292 g/mol. The van der Waals surface area contributed by atoms with Gasteiger partial charge in [-0.2, -0.15) is 0 Å². The van der Waals surface area contributed by atoms with Gasteiger partial charge in [-0.15, -0.1) is 0 Å². The minimum atomic E-state index is -0.329. The zero-order valence-corrected chi connectivity index (χ0v) is 13.3. The normalized spacial score (nSPS) is 12.3. The van der Waals surface area contributed by atoms with Crippen LogP contribution in [0.2, 0.25) is 0 Å². The number of hydrogen-bond donors (Lipinski definition) is 1. The molecule has 0 bridgehead atoms. The van der Waals surface area contributed by atoms with Crippen LogP contribution in [0.25, 0.3) is 0 Å². The molecule has 0 aromatic heterocycles. The molecule has 0 aliphatic rings. The van der Waals surface area contributed by atoms with E-state index in [2.05, 4.69) is 19.2 Å². The van der Waals surface area contributed by atoms with Crippen molar-refractivity contribution in [3.05, 3.63) is 39.9 Å². The summed E-state index contributed by atoms with van der Waals surface area (Å²) in [6.07, 6.45) is 8.63. The Kier molecular flexibility index (Phi) is 8.67. The predicted octanol–water partition coefficient (Wildman–Crippen LogP) is 5.00. The second-order valence-electron chi connectivity index (χ2n) is 5.53. The first-order valence-corrected chi connectivity index (χ1v) is 8.16. The number of nitrogens with one attached hydrogen (secondary N) is 1. The molecule has 4 heteroatoms. The van der Waals surface area contributed by atoms with Gasteiger partial charge < -0.3 is 5.32 Å². The Labute approximate surface area is 128 Å². The molecular weight excluding hydrogens is 264 g/mol. The van der Waals surface area contributed by atoms with Crippen molar-refractivity contribution in [3.63, 3.8) is 0 Å². The van der Waals surface area contributed by atoms with E-state index in [-0.39, 0.29) is 16.7 Å². The summed E-state index contributed by atoms with van der Waals surface area (Å²) in [5.74, 6) is 0. The molecule has 0 aliphatic heterocycles. The zero-order chi connectivity index (χ0) is 15.5. The maximum absolute atomic E-state index is 10.8. The Hall–Kier alpha value is -1.42. The molecule has 1 atom stereocenters. The smallest absolute Gasteiger partial charge is 0.269 e. The van der Waals surface area contributed by atoms with Crippen LogP contribution in [-0.4, -0.2) is 11.5 Å². The summed E-state index contributed by atoms with van der Waals surface area (Å²) in [5.41, 5.74) is 1.19. The average Bonchev–Trinajstić information content (AvgIpc) is 2.50. The Balaban J connectivity index is 2.37. The highest BCUT2D eigenvalue weighted by Crippen LogP contribution is 2.21. The number of benzene rings is 1. The van der Waals surface area contributed by atoms with Gasteiger partial charge in [-0.05, 0) is 24.9 Å². The molecule has 0 saturated carbocycles. The number of non-ortho nitro benzene ring substituents is 1. The largest absolute Gasteiger partial charge is 0.310 e. The molecule has 0 heterocycles. The number of rotatable bonds is 11. The highest BCUT2D eigenvalue weighted by Gasteiger charge is 2.12. The number of nitro groups is 1. The highest BCUT2D eigenvalue weighted by molar-refractivity contribution is 5.35. The lowest BCUT2D eigenvalue weighted by molar-refractivity contribution is -0.384. The van der Waals surface area contributed by atoms with Crippen LogP contribution in [0.1, 0.15) is 70.4 Å². The zero-order valence-electron chi connectivity index (χ0n) is 13.3. The van der Waals surface area contributed by atoms with E-state index < -0.39 is 0 Å². The van der Waals surface area contributed by atoms with Crippen molar-refractivity contribution in [2.75, 3.05) is 6.54 Å². The van der Waals surface area contributed by atoms with Crippen molar-refractivity contribution in [1.82, 2.24) is 5.32 Å². The van der Waals surface area contributed by atoms with E-state index in [0.29, 0.717) is 0 Å². The highest BCUT2D eigenvalue weighted by atomic mass is 16.6. The third-order valence-corrected chi connectivity index (χ3v) is 3.81. The molecule has 1 rings (SSSR count). The van der Waals surface area contributed by atoms with Gasteiger partial charge in [-0.3, -0.25) is 10.1 Å². The topological polar surface area (TPSA) is 55.2 Å². The van der Waals surface area contributed by atoms with Crippen LogP contribution >= 0.6 is 0 Å². The van der Waals surface area contributed by atoms with Crippen LogP contribution in [0, 0.1) is 10.1 Å². The van der Waals surface area contributed by atoms with Gasteiger partial charge in [0.05, 0.1) is 4.92 Å². The van der Waals surface area contributed by atoms with Gasteiger partial charge in [0.15, 0.2) is 0 Å². The van der Waals surface area contributed by atoms with Gasteiger partial charge in [0.1, 0.15) is 0 Å². The summed E-state index contributed by atoms with van der Waals surface area (Å²) in [7, 11) is 0. The molecule has 0 radical (unpaired) electrons. The quantitative estimate of drug-likeness (QED) is 0.355. The van der Waals surface area contributed by atoms with E-state index in [9.17, 15) is 10.1 Å². The Bertz CT molecular complexity index is 421. The number of unbranched alkanes of at least 4 members (excludes halogenated alkanes) is 5. The van der Waals surface area contributed by atoms with Crippen LogP contribution in [0.15, 0.2) is 24.3 Å². The van der Waals surface area contributed by atoms with Crippen molar-refractivity contribution in [2.45, 2.75) is 64.8 Å². The number of nitro benzene ring substituents is 1. The van der Waals surface area contributed by atoms with Crippen molar-refractivity contribution in [2.24, 2.45) is 0 Å². The second kappa shape index (κ2) is 10.3. The maximum Gasteiger partial charge on any atom is 0.269 e. The predicted molar refractivity (Wildman–Crippen MR) is 87.5 cm³/mol. The van der Waals surface area contributed by atoms with Gasteiger partial charge in [0.2, 0.25) is 0 Å². The van der Waals surface area contributed by atoms with Crippen LogP contribution in [0.4, 0.5) is 5.69 Å². The van der Waals surface area contributed by atoms with Gasteiger partial charge >= 0.3 is 0 Å². The first-order chi connectivity index (χ1) is 10.2. The van der Waals surface area contributed by atoms with E-state index >= 15 is 0 Å². The standard InChI is InChI=1S/C17H28N2O2/c1-3-5-6-7-8-9-13-18-17(4-2)15-11-10-12-16(14-15)19(20)21/h10-12,14,17-18H,3-9,13H2,1-2H3. The molecule has 0 saturated heterocycles. The lowest BCUT2D eigenvalue weighted by Crippen LogP contribution is -2.22. The number of nitrogens with zero attached hydrogens (tertiary/aromatic N) is 1. The molecule has 21 heavy (non-hydrogen) atoms. The lowest BCUT2D eigenvalue weighted by atomic mass is 10.0. The van der Waals surface area contributed by atoms with Crippen LogP contribution in [-0.2, 0) is 0 Å². The third kappa shape index (κ3) is 6.71. The SMILES string of the molecule is CCCCCCCCNC(CC)c1cccc([N+](=O)[O-])c1. The van der Waals surface area contributed by atoms with Gasteiger partial charge in [-0.25, -0.2) is 0 Å². The monoisotopic (exact) mass is 292 g/mol. The number of hydrogen-bond acceptors (Lipinski definition) is 3. The molecule has 0 spiro atoms. The molecule has 118 valence electrons. The van der Waals surface area contributed by atoms with Crippen molar-refractivity contribution < 1.29 is 4.92 Å². The molecule has 0 amide bonds. The molecule has 4 nitrogen and oxygen atoms in total. The molecule has 1 aromatic carbocycles. The summed E-state index contributed by atoms with van der Waals surface area (Å²) >= 11 is 0. The van der Waals surface area contributed by atoms with Crippen molar-refractivity contribution in [3.8, 4) is 0 Å². The van der Waals surface area contributed by atoms with E-state index in [1.54, 1.807) is 18.2 Å². The van der Waals surface area contributed by atoms with Gasteiger partial charge in [0.25, 0.3) is 5.69 Å². The van der Waals surface area contributed by atoms with Crippen molar-refractivity contribution >= 4 is 5.69 Å². The summed E-state index contributed by atoms with van der Waals surface area (Å²) in [4.78, 5) is 10.5. The fourth-order valence-electron chi connectivity index (χ4n) is 2.53. The van der Waals surface area contributed by atoms with Crippen LogP contribution in [0.3, 0.4) is 0 Å². The van der Waals surface area contributed by atoms with Crippen LogP contribution in [0.5, 0.6) is 0 Å². The minimum absolute atomic E-state index is 0.173. The Morgan fingerprint density at radius 2 is 1.86 bits per heavy atom. The van der Waals surface area contributed by atoms with E-state index in [1.807, 2.05) is 6.07 Å². The van der Waals surface area contributed by atoms with Crippen LogP contribution < -0.4 is 5.32 Å². The molecule has 1 N–H and O–H groups in total. The van der Waals surface area contributed by atoms with E-state index in [1.165, 1.54) is 38.5 Å². The summed E-state index contributed by atoms with van der Waals surface area (Å²) in [5, 5.41) is 14.4. The minimum Gasteiger partial charge on any atom is -0.310 e. The van der Waals surface area contributed by atoms with Crippen molar-refractivity contribution in [1.29, 1.82) is 0 Å². The fourth-order valence-corrected chi connectivity index (χ4v) is 2.53. The molecule has 1 aromatic rings. The van der Waals surface area contributed by atoms with E-state index in [0.717, 1.165) is 18.5 Å². The Morgan fingerprint density at radius 1 is 1.14 bits per heavy atom. The summed E-state index contributed by atoms with van der Waals surface area (Å²) < 4.78 is 0. The first-order valence-electron chi connectivity index (χ1n) is 8.16. The summed E-state index contributed by atoms with van der Waals surface area (Å²) in [6.45, 7) is 5.32. The molecule has 1 unspecified atom stereocenters. The first kappa shape index (κ1) is 17.6. The van der Waals surface area contributed by atoms with Gasteiger partial charge in [0, 0.05) is 18.2 Å². The summed E-state index contributed by atoms with van der Waals surface area (Å²) in [6, 6.07) is 7.17. The molecule has 0 fully saturated rings. The second-order valence-corrected chi connectivity index (χ2v) is 5.53. The molecular formula is C17H28N2O2. The van der Waals surface area contributed by atoms with Gasteiger partial charge in [-0.1, -0.05) is 58.1 Å². The van der Waals surface area contributed by atoms with E-state index in [4.69, 9.17) is 0 Å². The molecule has 0 aliphatic carbocycles.